The Morgan fingerprint density at radius 1 is 1.11 bits per heavy atom. The Balaban J connectivity index is 1.15. The second kappa shape index (κ2) is 9.02. The van der Waals surface area contributed by atoms with Gasteiger partial charge in [0.05, 0.1) is 37.8 Å². The topological polar surface area (TPSA) is 81.7 Å². The summed E-state index contributed by atoms with van der Waals surface area (Å²) < 4.78 is 23.3. The molecule has 0 amide bonds. The van der Waals surface area contributed by atoms with Crippen LogP contribution in [0.3, 0.4) is 0 Å². The molecular weight excluding hydrogens is 444 g/mol. The fourth-order valence-electron chi connectivity index (χ4n) is 5.14. The maximum Gasteiger partial charge on any atom is 0.230 e. The van der Waals surface area contributed by atoms with Crippen molar-refractivity contribution in [2.45, 2.75) is 19.8 Å². The molecule has 6 rings (SSSR count). The Kier molecular flexibility index (Phi) is 5.70. The van der Waals surface area contributed by atoms with Gasteiger partial charge < -0.3 is 28.8 Å². The first-order valence-corrected chi connectivity index (χ1v) is 12.1. The van der Waals surface area contributed by atoms with E-state index < -0.39 is 0 Å². The van der Waals surface area contributed by atoms with Crippen LogP contribution >= 0.6 is 0 Å². The Hall–Kier alpha value is -3.36. The van der Waals surface area contributed by atoms with Crippen LogP contribution in [0.1, 0.15) is 18.5 Å². The van der Waals surface area contributed by atoms with Gasteiger partial charge in [0, 0.05) is 41.2 Å². The van der Waals surface area contributed by atoms with Crippen LogP contribution in [0.2, 0.25) is 0 Å². The van der Waals surface area contributed by atoms with Crippen molar-refractivity contribution >= 4 is 21.8 Å². The van der Waals surface area contributed by atoms with E-state index in [-0.39, 0.29) is 0 Å². The molecule has 2 aromatic heterocycles. The number of hydrogen-bond donors (Lipinski definition) is 1. The van der Waals surface area contributed by atoms with Crippen molar-refractivity contribution in [1.29, 1.82) is 0 Å². The number of ether oxygens (including phenoxy) is 4. The van der Waals surface area contributed by atoms with Crippen LogP contribution in [0.25, 0.3) is 21.8 Å². The number of likely N-dealkylation sites (tertiary alicyclic amines) is 1. The predicted octanol–water partition coefficient (Wildman–Crippen LogP) is 4.71. The van der Waals surface area contributed by atoms with E-state index in [0.29, 0.717) is 35.2 Å². The fraction of sp³-hybridized carbons (Fsp3) is 0.407. The molecular formula is C27H30N4O4. The molecule has 2 saturated heterocycles. The first-order valence-electron chi connectivity index (χ1n) is 12.1. The molecule has 2 aliphatic rings. The monoisotopic (exact) mass is 474 g/mol. The summed E-state index contributed by atoms with van der Waals surface area (Å²) in [5.74, 6) is 2.52. The van der Waals surface area contributed by atoms with Crippen LogP contribution in [-0.4, -0.2) is 66.4 Å². The van der Waals surface area contributed by atoms with E-state index in [1.165, 1.54) is 12.7 Å². The molecule has 182 valence electrons. The first-order chi connectivity index (χ1) is 17.1. The minimum Gasteiger partial charge on any atom is -0.493 e. The van der Waals surface area contributed by atoms with E-state index in [4.69, 9.17) is 18.9 Å². The smallest absolute Gasteiger partial charge is 0.230 e. The molecule has 0 bridgehead atoms. The molecule has 8 nitrogen and oxygen atoms in total. The van der Waals surface area contributed by atoms with Crippen molar-refractivity contribution < 1.29 is 18.9 Å². The van der Waals surface area contributed by atoms with Crippen molar-refractivity contribution in [3.05, 3.63) is 48.4 Å². The van der Waals surface area contributed by atoms with Gasteiger partial charge in [-0.15, -0.1) is 0 Å². The molecule has 2 fully saturated rings. The van der Waals surface area contributed by atoms with E-state index in [9.17, 15) is 0 Å². The van der Waals surface area contributed by atoms with Crippen LogP contribution in [-0.2, 0) is 4.74 Å². The third-order valence-corrected chi connectivity index (χ3v) is 7.04. The van der Waals surface area contributed by atoms with Crippen LogP contribution in [0, 0.1) is 12.3 Å². The van der Waals surface area contributed by atoms with Gasteiger partial charge in [-0.3, -0.25) is 0 Å². The lowest BCUT2D eigenvalue weighted by atomic mass is 9.85. The molecule has 4 heterocycles. The van der Waals surface area contributed by atoms with Gasteiger partial charge in [-0.05, 0) is 56.6 Å². The van der Waals surface area contributed by atoms with Gasteiger partial charge in [0.2, 0.25) is 5.88 Å². The first kappa shape index (κ1) is 22.1. The summed E-state index contributed by atoms with van der Waals surface area (Å²) in [5.41, 5.74) is 3.36. The van der Waals surface area contributed by atoms with Gasteiger partial charge in [-0.1, -0.05) is 0 Å². The van der Waals surface area contributed by atoms with Crippen molar-refractivity contribution in [1.82, 2.24) is 19.9 Å². The van der Waals surface area contributed by atoms with Crippen molar-refractivity contribution in [2.24, 2.45) is 5.41 Å². The zero-order chi connectivity index (χ0) is 23.8. The maximum absolute atomic E-state index is 6.16. The van der Waals surface area contributed by atoms with Crippen molar-refractivity contribution in [3.63, 3.8) is 0 Å². The summed E-state index contributed by atoms with van der Waals surface area (Å²) in [6.45, 7) is 7.82. The van der Waals surface area contributed by atoms with E-state index in [1.54, 1.807) is 7.11 Å². The number of nitrogens with one attached hydrogen (secondary N) is 1. The number of aromatic nitrogens is 3. The summed E-state index contributed by atoms with van der Waals surface area (Å²) in [5, 5.41) is 1.86. The number of H-pyrrole nitrogens is 1. The molecule has 0 atom stereocenters. The third kappa shape index (κ3) is 4.39. The molecule has 4 aromatic rings. The summed E-state index contributed by atoms with van der Waals surface area (Å²) in [7, 11) is 1.64. The number of aryl methyl sites for hydroxylation is 1. The highest BCUT2D eigenvalue weighted by Crippen LogP contribution is 2.38. The molecule has 0 aliphatic carbocycles. The molecule has 0 unspecified atom stereocenters. The zero-order valence-electron chi connectivity index (χ0n) is 20.2. The highest BCUT2D eigenvalue weighted by atomic mass is 16.5. The molecule has 8 heteroatoms. The third-order valence-electron chi connectivity index (χ3n) is 7.04. The number of aromatic amines is 1. The van der Waals surface area contributed by atoms with Gasteiger partial charge in [-0.25, -0.2) is 9.97 Å². The Morgan fingerprint density at radius 3 is 2.83 bits per heavy atom. The van der Waals surface area contributed by atoms with Crippen LogP contribution in [0.15, 0.2) is 42.7 Å². The van der Waals surface area contributed by atoms with Crippen LogP contribution in [0.5, 0.6) is 23.1 Å². The Morgan fingerprint density at radius 2 is 2.03 bits per heavy atom. The maximum atomic E-state index is 6.16. The molecule has 0 saturated carbocycles. The number of fused-ring (bicyclic) bond motifs is 2. The SMILES string of the molecule is COc1cc2c(Oc3ccc4[nH]c(C)cc4c3)ncnc2cc1OCCCN1CCC2(COC2)C1. The van der Waals surface area contributed by atoms with Crippen LogP contribution < -0.4 is 14.2 Å². The second-order valence-corrected chi connectivity index (χ2v) is 9.72. The lowest BCUT2D eigenvalue weighted by Gasteiger charge is -2.37. The highest BCUT2D eigenvalue weighted by Gasteiger charge is 2.43. The number of methoxy groups -OCH3 is 1. The molecule has 0 radical (unpaired) electrons. The van der Waals surface area contributed by atoms with Gasteiger partial charge in [-0.2, -0.15) is 0 Å². The quantitative estimate of drug-likeness (QED) is 0.370. The van der Waals surface area contributed by atoms with Gasteiger partial charge in [0.25, 0.3) is 0 Å². The summed E-state index contributed by atoms with van der Waals surface area (Å²) >= 11 is 0. The average molecular weight is 475 g/mol. The lowest BCUT2D eigenvalue weighted by Crippen LogP contribution is -2.44. The average Bonchev–Trinajstić information content (AvgIpc) is 3.44. The fourth-order valence-corrected chi connectivity index (χ4v) is 5.14. The number of benzene rings is 2. The molecule has 35 heavy (non-hydrogen) atoms. The molecule has 1 N–H and O–H groups in total. The minimum atomic E-state index is 0.425. The van der Waals surface area contributed by atoms with Gasteiger partial charge in [0.1, 0.15) is 12.1 Å². The molecule has 1 spiro atoms. The largest absolute Gasteiger partial charge is 0.493 e. The second-order valence-electron chi connectivity index (χ2n) is 9.72. The summed E-state index contributed by atoms with van der Waals surface area (Å²) in [6, 6.07) is 11.8. The van der Waals surface area contributed by atoms with E-state index in [0.717, 1.165) is 66.8 Å². The number of rotatable bonds is 8. The number of hydrogen-bond acceptors (Lipinski definition) is 7. The normalized spacial score (nSPS) is 17.2. The highest BCUT2D eigenvalue weighted by molar-refractivity contribution is 5.87. The summed E-state index contributed by atoms with van der Waals surface area (Å²) in [6.07, 6.45) is 3.72. The van der Waals surface area contributed by atoms with Crippen LogP contribution in [0.4, 0.5) is 0 Å². The minimum absolute atomic E-state index is 0.425. The lowest BCUT2D eigenvalue weighted by molar-refractivity contribution is -0.105. The summed E-state index contributed by atoms with van der Waals surface area (Å²) in [4.78, 5) is 14.7. The zero-order valence-corrected chi connectivity index (χ0v) is 20.2. The van der Waals surface area contributed by atoms with E-state index in [1.807, 2.05) is 37.3 Å². The van der Waals surface area contributed by atoms with E-state index >= 15 is 0 Å². The van der Waals surface area contributed by atoms with E-state index in [2.05, 4.69) is 25.9 Å². The Bertz CT molecular complexity index is 1360. The van der Waals surface area contributed by atoms with Crippen molar-refractivity contribution in [2.75, 3.05) is 46.6 Å². The molecule has 2 aromatic carbocycles. The van der Waals surface area contributed by atoms with Crippen molar-refractivity contribution in [3.8, 4) is 23.1 Å². The predicted molar refractivity (Wildman–Crippen MR) is 134 cm³/mol. The standard InChI is InChI=1S/C27H30N4O4/c1-18-10-19-11-20(4-5-22(19)30-18)35-26-21-12-24(32-2)25(13-23(21)28-17-29-26)34-9-3-7-31-8-6-27(14-31)15-33-16-27/h4-5,10-13,17,30H,3,6-9,14-16H2,1-2H3. The van der Waals surface area contributed by atoms with Gasteiger partial charge >= 0.3 is 0 Å². The molecule has 2 aliphatic heterocycles. The number of nitrogens with zero attached hydrogens (tertiary/aromatic N) is 3. The Labute approximate surface area is 204 Å². The van der Waals surface area contributed by atoms with Gasteiger partial charge in [0.15, 0.2) is 11.5 Å².